The second-order valence-electron chi connectivity index (χ2n) is 7.28. The van der Waals surface area contributed by atoms with Gasteiger partial charge in [-0.2, -0.15) is 0 Å². The molecule has 2 aromatic carbocycles. The van der Waals surface area contributed by atoms with Crippen molar-refractivity contribution in [3.05, 3.63) is 89.3 Å². The van der Waals surface area contributed by atoms with Gasteiger partial charge in [-0.15, -0.1) is 0 Å². The van der Waals surface area contributed by atoms with E-state index >= 15 is 0 Å². The smallest absolute Gasteiger partial charge is 0.272 e. The average Bonchev–Trinajstić information content (AvgIpc) is 3.01. The number of hydrogen-bond acceptors (Lipinski definition) is 3. The zero-order valence-corrected chi connectivity index (χ0v) is 17.4. The Morgan fingerprint density at radius 3 is 2.65 bits per heavy atom. The summed E-state index contributed by atoms with van der Waals surface area (Å²) in [6.45, 7) is 0. The standard InChI is InChI=1S/C22H20F2N4O2S/c1-28-13-20-17(21(28)22(29)26-15-8-10-18(23)19(24)12-15)9-7-16(27-31(20,25)30)11-14-5-3-2-4-6-14/h2-10,12-13,16H,11H2,1H3,(H,26,29)(H2,25,27,30)/t16-,31?/m1/s1. The largest absolute Gasteiger partial charge is 0.345 e. The topological polar surface area (TPSA) is 87.0 Å². The molecule has 1 aliphatic heterocycles. The minimum Gasteiger partial charge on any atom is -0.345 e. The Labute approximate surface area is 178 Å². The van der Waals surface area contributed by atoms with Crippen LogP contribution in [0, 0.1) is 16.4 Å². The number of halogens is 2. The molecule has 1 unspecified atom stereocenters. The summed E-state index contributed by atoms with van der Waals surface area (Å²) in [4.78, 5) is 13.1. The molecule has 0 radical (unpaired) electrons. The molecule has 160 valence electrons. The van der Waals surface area contributed by atoms with Gasteiger partial charge in [0.15, 0.2) is 11.6 Å². The Kier molecular flexibility index (Phi) is 5.47. The fraction of sp³-hybridized carbons (Fsp3) is 0.136. The van der Waals surface area contributed by atoms with E-state index < -0.39 is 27.5 Å². The normalized spacial score (nSPS) is 20.2. The lowest BCUT2D eigenvalue weighted by Crippen LogP contribution is -2.33. The first-order valence-corrected chi connectivity index (χ1v) is 11.0. The highest BCUT2D eigenvalue weighted by atomic mass is 32.2. The van der Waals surface area contributed by atoms with Gasteiger partial charge in [-0.1, -0.05) is 42.5 Å². The summed E-state index contributed by atoms with van der Waals surface area (Å²) >= 11 is 0. The molecule has 1 amide bonds. The van der Waals surface area contributed by atoms with E-state index in [4.69, 9.17) is 4.78 Å². The summed E-state index contributed by atoms with van der Waals surface area (Å²) in [5, 5.41) is 2.53. The zero-order chi connectivity index (χ0) is 22.2. The van der Waals surface area contributed by atoms with Crippen molar-refractivity contribution in [1.82, 2.24) is 9.29 Å². The van der Waals surface area contributed by atoms with Crippen LogP contribution in [0.5, 0.6) is 0 Å². The van der Waals surface area contributed by atoms with E-state index in [0.29, 0.717) is 12.0 Å². The quantitative estimate of drug-likeness (QED) is 0.568. The molecule has 0 saturated carbocycles. The van der Waals surface area contributed by atoms with Crippen LogP contribution in [0.2, 0.25) is 0 Å². The number of aryl methyl sites for hydroxylation is 1. The highest BCUT2D eigenvalue weighted by Gasteiger charge is 2.28. The molecule has 0 aliphatic carbocycles. The van der Waals surface area contributed by atoms with Crippen molar-refractivity contribution < 1.29 is 17.8 Å². The van der Waals surface area contributed by atoms with Gasteiger partial charge < -0.3 is 9.88 Å². The van der Waals surface area contributed by atoms with Gasteiger partial charge >= 0.3 is 0 Å². The molecular weight excluding hydrogens is 422 g/mol. The van der Waals surface area contributed by atoms with Gasteiger partial charge in [0, 0.05) is 36.6 Å². The maximum atomic E-state index is 13.5. The number of carbonyl (C=O) groups excluding carboxylic acids is 1. The van der Waals surface area contributed by atoms with Crippen LogP contribution in [-0.2, 0) is 23.4 Å². The number of hydrogen-bond donors (Lipinski definition) is 3. The van der Waals surface area contributed by atoms with Crippen LogP contribution in [0.3, 0.4) is 0 Å². The van der Waals surface area contributed by atoms with E-state index in [2.05, 4.69) is 10.0 Å². The summed E-state index contributed by atoms with van der Waals surface area (Å²) in [6, 6.07) is 12.3. The fourth-order valence-electron chi connectivity index (χ4n) is 3.56. The van der Waals surface area contributed by atoms with Crippen LogP contribution in [-0.4, -0.2) is 20.7 Å². The minimum absolute atomic E-state index is 0.0862. The predicted octanol–water partition coefficient (Wildman–Crippen LogP) is 4.10. The molecule has 3 N–H and O–H groups in total. The summed E-state index contributed by atoms with van der Waals surface area (Å²) < 4.78 is 52.6. The van der Waals surface area contributed by atoms with Crippen LogP contribution in [0.15, 0.2) is 65.7 Å². The van der Waals surface area contributed by atoms with Crippen LogP contribution in [0.4, 0.5) is 14.5 Å². The molecule has 0 saturated heterocycles. The first-order valence-electron chi connectivity index (χ1n) is 9.48. The van der Waals surface area contributed by atoms with Crippen LogP contribution >= 0.6 is 0 Å². The van der Waals surface area contributed by atoms with Crippen LogP contribution in [0.25, 0.3) is 6.08 Å². The molecule has 0 fully saturated rings. The van der Waals surface area contributed by atoms with Crippen LogP contribution < -0.4 is 10.0 Å². The number of aromatic nitrogens is 1. The molecule has 1 aromatic heterocycles. The van der Waals surface area contributed by atoms with E-state index in [-0.39, 0.29) is 22.3 Å². The lowest BCUT2D eigenvalue weighted by atomic mass is 10.1. The van der Waals surface area contributed by atoms with Gasteiger partial charge in [0.1, 0.15) is 15.6 Å². The molecule has 0 bridgehead atoms. The van der Waals surface area contributed by atoms with Gasteiger partial charge in [0.05, 0.1) is 4.90 Å². The predicted molar refractivity (Wildman–Crippen MR) is 115 cm³/mol. The third-order valence-electron chi connectivity index (χ3n) is 5.00. The van der Waals surface area contributed by atoms with Crippen molar-refractivity contribution in [2.45, 2.75) is 17.4 Å². The van der Waals surface area contributed by atoms with Crippen molar-refractivity contribution in [2.75, 3.05) is 5.32 Å². The first-order chi connectivity index (χ1) is 14.7. The lowest BCUT2D eigenvalue weighted by molar-refractivity contribution is 0.101. The highest BCUT2D eigenvalue weighted by Crippen LogP contribution is 2.28. The van der Waals surface area contributed by atoms with E-state index in [1.807, 2.05) is 30.3 Å². The summed E-state index contributed by atoms with van der Waals surface area (Å²) in [6.07, 6.45) is 5.46. The summed E-state index contributed by atoms with van der Waals surface area (Å²) in [5.74, 6) is -2.68. The Hall–Kier alpha value is -3.30. The maximum absolute atomic E-state index is 13.5. The summed E-state index contributed by atoms with van der Waals surface area (Å²) in [7, 11) is -1.79. The zero-order valence-electron chi connectivity index (χ0n) is 16.6. The molecule has 4 rings (SSSR count). The number of benzene rings is 2. The number of carbonyl (C=O) groups is 1. The van der Waals surface area contributed by atoms with Crippen LogP contribution in [0.1, 0.15) is 21.6 Å². The second-order valence-corrected chi connectivity index (χ2v) is 9.07. The molecule has 1 aliphatic rings. The van der Waals surface area contributed by atoms with Gasteiger partial charge in [-0.05, 0) is 24.1 Å². The van der Waals surface area contributed by atoms with Gasteiger partial charge in [0.25, 0.3) is 5.91 Å². The van der Waals surface area contributed by atoms with E-state index in [0.717, 1.165) is 17.7 Å². The Bertz CT molecular complexity index is 1280. The van der Waals surface area contributed by atoms with E-state index in [9.17, 15) is 17.8 Å². The fourth-order valence-corrected chi connectivity index (χ4v) is 5.06. The van der Waals surface area contributed by atoms with Crippen molar-refractivity contribution in [1.29, 1.82) is 4.78 Å². The Morgan fingerprint density at radius 1 is 1.19 bits per heavy atom. The Morgan fingerprint density at radius 2 is 1.94 bits per heavy atom. The molecular formula is C22H20F2N4O2S. The van der Waals surface area contributed by atoms with Gasteiger partial charge in [-0.3, -0.25) is 4.79 Å². The lowest BCUT2D eigenvalue weighted by Gasteiger charge is -2.15. The first kappa shape index (κ1) is 21.0. The monoisotopic (exact) mass is 442 g/mol. The molecule has 9 heteroatoms. The third kappa shape index (κ3) is 4.28. The molecule has 0 spiro atoms. The second kappa shape index (κ2) is 8.09. The number of fused-ring (bicyclic) bond motifs is 1. The number of nitrogens with one attached hydrogen (secondary N) is 3. The van der Waals surface area contributed by atoms with Crippen molar-refractivity contribution in [3.63, 3.8) is 0 Å². The van der Waals surface area contributed by atoms with E-state index in [1.54, 1.807) is 19.2 Å². The molecule has 31 heavy (non-hydrogen) atoms. The van der Waals surface area contributed by atoms with Gasteiger partial charge in [0.2, 0.25) is 0 Å². The highest BCUT2D eigenvalue weighted by molar-refractivity contribution is 7.90. The summed E-state index contributed by atoms with van der Waals surface area (Å²) in [5.41, 5.74) is 1.62. The number of nitrogens with zero attached hydrogens (tertiary/aromatic N) is 1. The van der Waals surface area contributed by atoms with Gasteiger partial charge in [-0.25, -0.2) is 22.5 Å². The van der Waals surface area contributed by atoms with Crippen molar-refractivity contribution in [2.24, 2.45) is 7.05 Å². The third-order valence-corrected chi connectivity index (χ3v) is 6.58. The minimum atomic E-state index is -3.39. The van der Waals surface area contributed by atoms with Crippen molar-refractivity contribution in [3.8, 4) is 0 Å². The average molecular weight is 442 g/mol. The Balaban J connectivity index is 1.67. The number of rotatable bonds is 4. The molecule has 6 nitrogen and oxygen atoms in total. The molecule has 2 heterocycles. The number of anilines is 1. The van der Waals surface area contributed by atoms with E-state index in [1.165, 1.54) is 16.8 Å². The number of amides is 1. The SMILES string of the molecule is Cn1cc2c(c1C(=O)Nc1ccc(F)c(F)c1)C=C[C@H](Cc1ccccc1)NS2(=N)=O. The molecule has 2 atom stereocenters. The molecule has 3 aromatic rings. The maximum Gasteiger partial charge on any atom is 0.272 e. The van der Waals surface area contributed by atoms with Crippen molar-refractivity contribution >= 4 is 27.6 Å².